The second kappa shape index (κ2) is 12.6. The van der Waals surface area contributed by atoms with Gasteiger partial charge in [0.2, 0.25) is 0 Å². The molecule has 0 aromatic heterocycles. The van der Waals surface area contributed by atoms with Crippen LogP contribution in [0.5, 0.6) is 0 Å². The minimum Gasteiger partial charge on any atom is -0.418 e. The summed E-state index contributed by atoms with van der Waals surface area (Å²) >= 11 is 0. The molecule has 0 amide bonds. The van der Waals surface area contributed by atoms with Crippen molar-refractivity contribution in [3.8, 4) is 0 Å². The van der Waals surface area contributed by atoms with Gasteiger partial charge in [-0.2, -0.15) is 0 Å². The molecule has 0 aromatic carbocycles. The minimum absolute atomic E-state index is 0.783. The predicted molar refractivity (Wildman–Crippen MR) is 112 cm³/mol. The lowest BCUT2D eigenvalue weighted by molar-refractivity contribution is 0.368. The maximum Gasteiger partial charge on any atom is 0.673 e. The second-order valence-corrected chi connectivity index (χ2v) is 11.6. The summed E-state index contributed by atoms with van der Waals surface area (Å²) < 4.78 is 39.0. The molecule has 160 valence electrons. The lowest BCUT2D eigenvalue weighted by Crippen LogP contribution is -2.40. The van der Waals surface area contributed by atoms with Crippen LogP contribution in [-0.2, 0) is 10.9 Å². The fraction of sp³-hybridized carbons (Fsp3) is 1.00. The van der Waals surface area contributed by atoms with E-state index in [1.54, 1.807) is 77.0 Å². The van der Waals surface area contributed by atoms with Crippen molar-refractivity contribution >= 4 is 18.1 Å². The Balaban J connectivity index is 0.000000465. The van der Waals surface area contributed by atoms with Crippen LogP contribution < -0.4 is 0 Å². The van der Waals surface area contributed by atoms with E-state index in [9.17, 15) is 17.3 Å². The molecule has 0 N–H and O–H groups in total. The number of halogens is 4. The highest BCUT2D eigenvalue weighted by molar-refractivity contribution is 7.98. The fourth-order valence-electron chi connectivity index (χ4n) is 5.36. The van der Waals surface area contributed by atoms with Gasteiger partial charge in [0.1, 0.15) is 15.7 Å². The van der Waals surface area contributed by atoms with Crippen LogP contribution in [0.15, 0.2) is 0 Å². The highest BCUT2D eigenvalue weighted by atomic mass is 32.2. The van der Waals surface area contributed by atoms with Crippen molar-refractivity contribution in [2.75, 3.05) is 0 Å². The Morgan fingerprint density at radius 1 is 0.407 bits per heavy atom. The molecular weight excluding hydrogens is 371 g/mol. The van der Waals surface area contributed by atoms with Gasteiger partial charge in [-0.15, -0.1) is 0 Å². The molecule has 6 heteroatoms. The van der Waals surface area contributed by atoms with Crippen molar-refractivity contribution in [1.82, 2.24) is 0 Å². The third kappa shape index (κ3) is 9.94. The van der Waals surface area contributed by atoms with Crippen LogP contribution in [0.3, 0.4) is 0 Å². The van der Waals surface area contributed by atoms with Crippen LogP contribution in [-0.4, -0.2) is 23.0 Å². The Morgan fingerprint density at radius 2 is 0.593 bits per heavy atom. The van der Waals surface area contributed by atoms with Crippen molar-refractivity contribution in [2.45, 2.75) is 131 Å². The van der Waals surface area contributed by atoms with Gasteiger partial charge in [0.25, 0.3) is 0 Å². The Hall–Kier alpha value is 0.135. The molecule has 0 atom stereocenters. The zero-order chi connectivity index (χ0) is 19.5. The fourth-order valence-corrected chi connectivity index (χ4v) is 9.62. The predicted octanol–water partition coefficient (Wildman–Crippen LogP) is 8.07. The van der Waals surface area contributed by atoms with Crippen LogP contribution in [0, 0.1) is 0 Å². The first-order chi connectivity index (χ1) is 12.9. The zero-order valence-corrected chi connectivity index (χ0v) is 17.8. The molecule has 0 heterocycles. The van der Waals surface area contributed by atoms with Crippen molar-refractivity contribution in [3.05, 3.63) is 0 Å². The zero-order valence-electron chi connectivity index (χ0n) is 17.0. The second-order valence-electron chi connectivity index (χ2n) is 8.74. The topological polar surface area (TPSA) is 0 Å². The maximum atomic E-state index is 9.75. The first-order valence-electron chi connectivity index (χ1n) is 11.5. The summed E-state index contributed by atoms with van der Waals surface area (Å²) in [5.41, 5.74) is 0. The van der Waals surface area contributed by atoms with E-state index in [4.69, 9.17) is 0 Å². The first-order valence-corrected chi connectivity index (χ1v) is 12.9. The molecule has 0 bridgehead atoms. The van der Waals surface area contributed by atoms with Gasteiger partial charge in [-0.3, -0.25) is 0 Å². The molecule has 0 saturated heterocycles. The molecule has 0 aliphatic heterocycles. The first kappa shape index (κ1) is 23.4. The van der Waals surface area contributed by atoms with E-state index in [1.165, 1.54) is 38.5 Å². The Kier molecular flexibility index (Phi) is 11.0. The van der Waals surface area contributed by atoms with E-state index in [-0.39, 0.29) is 0 Å². The van der Waals surface area contributed by atoms with Crippen molar-refractivity contribution in [1.29, 1.82) is 0 Å². The summed E-state index contributed by atoms with van der Waals surface area (Å²) in [6.07, 6.45) is 28.0. The summed E-state index contributed by atoms with van der Waals surface area (Å²) in [4.78, 5) is 0. The summed E-state index contributed by atoms with van der Waals surface area (Å²) in [6.45, 7) is 0. The van der Waals surface area contributed by atoms with Crippen LogP contribution in [0.25, 0.3) is 0 Å². The standard InChI is InChI=1S/C21H39S.BF4/c1-2-8-14-19(13-7-1)22(20-15-9-3-4-10-16-20)21-17-11-5-6-12-18-21;2-1(3,4)5/h19-21H,1-18H2;/q+1;-1. The lowest BCUT2D eigenvalue weighted by atomic mass is 10.2. The molecule has 3 saturated carbocycles. The third-order valence-electron chi connectivity index (χ3n) is 6.56. The number of hydrogen-bond acceptors (Lipinski definition) is 0. The van der Waals surface area contributed by atoms with E-state index in [0.717, 1.165) is 26.6 Å². The van der Waals surface area contributed by atoms with Gasteiger partial charge < -0.3 is 17.3 Å². The summed E-state index contributed by atoms with van der Waals surface area (Å²) in [5, 5.41) is 3.40. The van der Waals surface area contributed by atoms with E-state index in [2.05, 4.69) is 0 Å². The minimum atomic E-state index is -6.00. The molecule has 3 fully saturated rings. The molecule has 0 radical (unpaired) electrons. The van der Waals surface area contributed by atoms with E-state index >= 15 is 0 Å². The molecule has 27 heavy (non-hydrogen) atoms. The van der Waals surface area contributed by atoms with E-state index < -0.39 is 7.25 Å². The smallest absolute Gasteiger partial charge is 0.418 e. The summed E-state index contributed by atoms with van der Waals surface area (Å²) in [5.74, 6) is 0. The summed E-state index contributed by atoms with van der Waals surface area (Å²) in [6, 6.07) is 0. The number of rotatable bonds is 3. The van der Waals surface area contributed by atoms with Gasteiger partial charge in [-0.25, -0.2) is 0 Å². The van der Waals surface area contributed by atoms with Crippen molar-refractivity contribution in [2.24, 2.45) is 0 Å². The molecular formula is C21H39BF4S. The lowest BCUT2D eigenvalue weighted by Gasteiger charge is -2.30. The van der Waals surface area contributed by atoms with Crippen LogP contribution in [0.2, 0.25) is 0 Å². The van der Waals surface area contributed by atoms with E-state index in [0.29, 0.717) is 0 Å². The average molecular weight is 410 g/mol. The molecule has 0 nitrogen and oxygen atoms in total. The normalized spacial score (nSPS) is 25.2. The molecule has 3 rings (SSSR count). The quantitative estimate of drug-likeness (QED) is 0.191. The van der Waals surface area contributed by atoms with Gasteiger partial charge >= 0.3 is 7.25 Å². The Bertz CT molecular complexity index is 313. The number of hydrogen-bond donors (Lipinski definition) is 0. The molecule has 0 spiro atoms. The molecule has 3 aliphatic carbocycles. The highest BCUT2D eigenvalue weighted by Crippen LogP contribution is 2.39. The summed E-state index contributed by atoms with van der Waals surface area (Å²) in [7, 11) is -5.22. The third-order valence-corrected chi connectivity index (χ3v) is 10.3. The average Bonchev–Trinajstić information content (AvgIpc) is 3.10. The molecule has 0 aromatic rings. The van der Waals surface area contributed by atoms with Gasteiger partial charge in [-0.1, -0.05) is 38.5 Å². The van der Waals surface area contributed by atoms with Crippen molar-refractivity contribution < 1.29 is 17.3 Å². The Morgan fingerprint density at radius 3 is 0.778 bits per heavy atom. The van der Waals surface area contributed by atoms with Crippen molar-refractivity contribution in [3.63, 3.8) is 0 Å². The van der Waals surface area contributed by atoms with Gasteiger partial charge in [-0.05, 0) is 87.9 Å². The molecule has 0 unspecified atom stereocenters. The van der Waals surface area contributed by atoms with E-state index in [1.807, 2.05) is 0 Å². The van der Waals surface area contributed by atoms with Gasteiger partial charge in [0.05, 0.1) is 0 Å². The van der Waals surface area contributed by atoms with Crippen LogP contribution >= 0.6 is 0 Å². The van der Waals surface area contributed by atoms with Gasteiger partial charge in [0, 0.05) is 0 Å². The molecule has 3 aliphatic rings. The van der Waals surface area contributed by atoms with Gasteiger partial charge in [0.15, 0.2) is 0 Å². The SMILES string of the molecule is C1CCCC([S+](C2CCCCCC2)C2CCCCCC2)CC1.F[B-](F)(F)F. The monoisotopic (exact) mass is 410 g/mol. The van der Waals surface area contributed by atoms with Crippen LogP contribution in [0.4, 0.5) is 17.3 Å². The highest BCUT2D eigenvalue weighted by Gasteiger charge is 2.44. The Labute approximate surface area is 167 Å². The maximum absolute atomic E-state index is 9.75. The van der Waals surface area contributed by atoms with Crippen LogP contribution in [0.1, 0.15) is 116 Å². The largest absolute Gasteiger partial charge is 0.673 e.